The number of nitrogens with zero attached hydrogens (tertiary/aromatic N) is 2. The molecule has 21 heavy (non-hydrogen) atoms. The van der Waals surface area contributed by atoms with Gasteiger partial charge >= 0.3 is 0 Å². The Balaban J connectivity index is 1.93. The molecule has 5 nitrogen and oxygen atoms in total. The fourth-order valence-electron chi connectivity index (χ4n) is 3.39. The van der Waals surface area contributed by atoms with Crippen LogP contribution in [0.3, 0.4) is 0 Å². The number of hydrogen-bond donors (Lipinski definition) is 0. The van der Waals surface area contributed by atoms with E-state index in [-0.39, 0.29) is 30.3 Å². The lowest BCUT2D eigenvalue weighted by molar-refractivity contribution is -0.123. The molecule has 1 aliphatic heterocycles. The molecule has 1 aliphatic carbocycles. The molecular formula is C16H16N2O3. The van der Waals surface area contributed by atoms with Crippen LogP contribution in [0.2, 0.25) is 0 Å². The van der Waals surface area contributed by atoms with Crippen LogP contribution in [0.4, 0.5) is 5.69 Å². The highest BCUT2D eigenvalue weighted by Gasteiger charge is 2.52. The van der Waals surface area contributed by atoms with E-state index < -0.39 is 0 Å². The lowest BCUT2D eigenvalue weighted by atomic mass is 10.00. The van der Waals surface area contributed by atoms with Crippen molar-refractivity contribution in [2.45, 2.75) is 19.8 Å². The van der Waals surface area contributed by atoms with Crippen molar-refractivity contribution in [2.75, 3.05) is 11.5 Å². The number of imide groups is 1. The molecule has 1 saturated carbocycles. The minimum Gasteiger partial charge on any atom is -0.477 e. The van der Waals surface area contributed by atoms with Crippen molar-refractivity contribution in [2.24, 2.45) is 17.8 Å². The summed E-state index contributed by atoms with van der Waals surface area (Å²) < 4.78 is 5.33. The Morgan fingerprint density at radius 2 is 1.86 bits per heavy atom. The average Bonchev–Trinajstić information content (AvgIpc) is 2.96. The van der Waals surface area contributed by atoms with Gasteiger partial charge in [0.2, 0.25) is 11.8 Å². The maximum Gasteiger partial charge on any atom is 0.237 e. The Bertz CT molecular complexity index is 611. The van der Waals surface area contributed by atoms with Crippen molar-refractivity contribution >= 4 is 17.5 Å². The number of anilines is 1. The van der Waals surface area contributed by atoms with Gasteiger partial charge in [0.25, 0.3) is 0 Å². The van der Waals surface area contributed by atoms with Crippen LogP contribution in [0.25, 0.3) is 0 Å². The zero-order chi connectivity index (χ0) is 15.0. The Morgan fingerprint density at radius 1 is 1.24 bits per heavy atom. The van der Waals surface area contributed by atoms with E-state index in [0.717, 1.165) is 12.8 Å². The largest absolute Gasteiger partial charge is 0.477 e. The molecule has 1 aromatic carbocycles. The highest BCUT2D eigenvalue weighted by atomic mass is 16.5. The second kappa shape index (κ2) is 5.21. The molecule has 3 rings (SSSR count). The summed E-state index contributed by atoms with van der Waals surface area (Å²) in [6.45, 7) is 1.96. The van der Waals surface area contributed by atoms with Crippen LogP contribution in [0.15, 0.2) is 24.3 Å². The first-order valence-electron chi connectivity index (χ1n) is 7.10. The smallest absolute Gasteiger partial charge is 0.237 e. The molecule has 0 aromatic heterocycles. The first-order chi connectivity index (χ1) is 10.1. The fourth-order valence-corrected chi connectivity index (χ4v) is 3.39. The SMILES string of the molecule is CC1CC2C(=O)N(c3ccccc3OCC#N)C(=O)C2C1. The monoisotopic (exact) mass is 284 g/mol. The van der Waals surface area contributed by atoms with Crippen LogP contribution in [-0.4, -0.2) is 18.4 Å². The quantitative estimate of drug-likeness (QED) is 0.797. The van der Waals surface area contributed by atoms with E-state index in [1.807, 2.05) is 6.07 Å². The molecule has 2 amide bonds. The predicted molar refractivity (Wildman–Crippen MR) is 75.4 cm³/mol. The molecule has 0 spiro atoms. The highest BCUT2D eigenvalue weighted by molar-refractivity contribution is 6.22. The van der Waals surface area contributed by atoms with Gasteiger partial charge in [-0.3, -0.25) is 9.59 Å². The molecule has 2 atom stereocenters. The lowest BCUT2D eigenvalue weighted by Crippen LogP contribution is -2.32. The van der Waals surface area contributed by atoms with Gasteiger partial charge in [-0.2, -0.15) is 5.26 Å². The molecule has 5 heteroatoms. The lowest BCUT2D eigenvalue weighted by Gasteiger charge is -2.19. The normalized spacial score (nSPS) is 27.6. The Morgan fingerprint density at radius 3 is 2.48 bits per heavy atom. The molecule has 2 fully saturated rings. The number of para-hydroxylation sites is 2. The van der Waals surface area contributed by atoms with Crippen molar-refractivity contribution < 1.29 is 14.3 Å². The van der Waals surface area contributed by atoms with Crippen molar-refractivity contribution in [3.05, 3.63) is 24.3 Å². The number of nitriles is 1. The molecule has 2 aliphatic rings. The maximum absolute atomic E-state index is 12.6. The topological polar surface area (TPSA) is 70.4 Å². The summed E-state index contributed by atoms with van der Waals surface area (Å²) in [5.41, 5.74) is 0.449. The van der Waals surface area contributed by atoms with Gasteiger partial charge in [-0.1, -0.05) is 19.1 Å². The highest BCUT2D eigenvalue weighted by Crippen LogP contribution is 2.45. The number of benzene rings is 1. The Hall–Kier alpha value is -2.35. The van der Waals surface area contributed by atoms with Crippen LogP contribution in [0.5, 0.6) is 5.75 Å². The summed E-state index contributed by atoms with van der Waals surface area (Å²) >= 11 is 0. The molecule has 1 heterocycles. The summed E-state index contributed by atoms with van der Waals surface area (Å²) in [6.07, 6.45) is 1.54. The third-order valence-corrected chi connectivity index (χ3v) is 4.27. The second-order valence-electron chi connectivity index (χ2n) is 5.72. The van der Waals surface area contributed by atoms with Crippen molar-refractivity contribution in [3.8, 4) is 11.8 Å². The van der Waals surface area contributed by atoms with Crippen molar-refractivity contribution in [1.82, 2.24) is 0 Å². The number of rotatable bonds is 3. The summed E-state index contributed by atoms with van der Waals surface area (Å²) in [6, 6.07) is 8.76. The zero-order valence-electron chi connectivity index (χ0n) is 11.8. The van der Waals surface area contributed by atoms with E-state index in [1.165, 1.54) is 4.90 Å². The second-order valence-corrected chi connectivity index (χ2v) is 5.72. The van der Waals surface area contributed by atoms with Crippen LogP contribution in [0, 0.1) is 29.1 Å². The van der Waals surface area contributed by atoms with Gasteiger partial charge in [0, 0.05) is 0 Å². The van der Waals surface area contributed by atoms with Crippen molar-refractivity contribution in [3.63, 3.8) is 0 Å². The summed E-state index contributed by atoms with van der Waals surface area (Å²) in [5, 5.41) is 8.63. The van der Waals surface area contributed by atoms with E-state index >= 15 is 0 Å². The summed E-state index contributed by atoms with van der Waals surface area (Å²) in [4.78, 5) is 26.4. The Kier molecular flexibility index (Phi) is 3.38. The number of amides is 2. The van der Waals surface area contributed by atoms with Gasteiger partial charge in [0.1, 0.15) is 11.8 Å². The van der Waals surface area contributed by atoms with E-state index in [1.54, 1.807) is 24.3 Å². The maximum atomic E-state index is 12.6. The standard InChI is InChI=1S/C16H16N2O3/c1-10-8-11-12(9-10)16(20)18(15(11)19)13-4-2-3-5-14(13)21-7-6-17/h2-5,10-12H,7-9H2,1H3. The Labute approximate surface area is 123 Å². The van der Waals surface area contributed by atoms with Crippen LogP contribution >= 0.6 is 0 Å². The summed E-state index contributed by atoms with van der Waals surface area (Å²) in [7, 11) is 0. The molecule has 0 radical (unpaired) electrons. The van der Waals surface area contributed by atoms with Gasteiger partial charge in [0.05, 0.1) is 17.5 Å². The molecule has 2 unspecified atom stereocenters. The third kappa shape index (κ3) is 2.17. The number of fused-ring (bicyclic) bond motifs is 1. The van der Waals surface area contributed by atoms with Crippen LogP contribution in [0.1, 0.15) is 19.8 Å². The van der Waals surface area contributed by atoms with Gasteiger partial charge < -0.3 is 4.74 Å². The van der Waals surface area contributed by atoms with Gasteiger partial charge in [0.15, 0.2) is 6.61 Å². The van der Waals surface area contributed by atoms with Gasteiger partial charge in [-0.15, -0.1) is 0 Å². The number of carbonyl (C=O) groups excluding carboxylic acids is 2. The fraction of sp³-hybridized carbons (Fsp3) is 0.438. The number of carbonyl (C=O) groups is 2. The van der Waals surface area contributed by atoms with E-state index in [4.69, 9.17) is 10.00 Å². The molecule has 1 aromatic rings. The zero-order valence-corrected chi connectivity index (χ0v) is 11.8. The third-order valence-electron chi connectivity index (χ3n) is 4.27. The number of hydrogen-bond acceptors (Lipinski definition) is 4. The molecular weight excluding hydrogens is 268 g/mol. The molecule has 0 bridgehead atoms. The minimum atomic E-state index is -0.198. The minimum absolute atomic E-state index is 0.114. The van der Waals surface area contributed by atoms with Crippen molar-refractivity contribution in [1.29, 1.82) is 5.26 Å². The van der Waals surface area contributed by atoms with Crippen LogP contribution in [-0.2, 0) is 9.59 Å². The van der Waals surface area contributed by atoms with Gasteiger partial charge in [-0.05, 0) is 30.9 Å². The number of ether oxygens (including phenoxy) is 1. The van der Waals surface area contributed by atoms with E-state index in [9.17, 15) is 9.59 Å². The summed E-state index contributed by atoms with van der Waals surface area (Å²) in [5.74, 6) is 0.145. The first kappa shape index (κ1) is 13.6. The molecule has 1 saturated heterocycles. The predicted octanol–water partition coefficient (Wildman–Crippen LogP) is 2.12. The average molecular weight is 284 g/mol. The molecule has 108 valence electrons. The van der Waals surface area contributed by atoms with Gasteiger partial charge in [-0.25, -0.2) is 4.90 Å². The first-order valence-corrected chi connectivity index (χ1v) is 7.10. The van der Waals surface area contributed by atoms with E-state index in [2.05, 4.69) is 6.92 Å². The van der Waals surface area contributed by atoms with Crippen LogP contribution < -0.4 is 9.64 Å². The molecule has 0 N–H and O–H groups in total. The van der Waals surface area contributed by atoms with E-state index in [0.29, 0.717) is 17.4 Å².